The molecule has 22 heavy (non-hydrogen) atoms. The fourth-order valence-electron chi connectivity index (χ4n) is 3.38. The normalized spacial score (nSPS) is 21.9. The predicted octanol–water partition coefficient (Wildman–Crippen LogP) is 3.88. The maximum absolute atomic E-state index is 2.60. The molecule has 0 N–H and O–H groups in total. The van der Waals surface area contributed by atoms with Crippen molar-refractivity contribution in [2.75, 3.05) is 7.05 Å². The van der Waals surface area contributed by atoms with Crippen molar-refractivity contribution in [2.24, 2.45) is 0 Å². The van der Waals surface area contributed by atoms with Crippen molar-refractivity contribution < 1.29 is 0 Å². The van der Waals surface area contributed by atoms with Gasteiger partial charge in [0.05, 0.1) is 0 Å². The molecule has 0 bridgehead atoms. The van der Waals surface area contributed by atoms with E-state index in [1.165, 1.54) is 31.2 Å². The first-order valence-electron chi connectivity index (χ1n) is 8.29. The van der Waals surface area contributed by atoms with Crippen molar-refractivity contribution in [2.45, 2.75) is 43.1 Å². The van der Waals surface area contributed by atoms with Crippen LogP contribution >= 0.6 is 0 Å². The summed E-state index contributed by atoms with van der Waals surface area (Å²) in [6.07, 6.45) is 5.57. The molecule has 2 unspecified atom stereocenters. The average Bonchev–Trinajstić information content (AvgIpc) is 2.57. The van der Waals surface area contributed by atoms with Crippen LogP contribution in [0.4, 0.5) is 0 Å². The van der Waals surface area contributed by atoms with Gasteiger partial charge in [-0.15, -0.1) is 0 Å². The second-order valence-corrected chi connectivity index (χ2v) is 8.98. The van der Waals surface area contributed by atoms with Crippen LogP contribution in [-0.4, -0.2) is 32.9 Å². The molecule has 1 aliphatic rings. The van der Waals surface area contributed by atoms with Crippen LogP contribution in [0.3, 0.4) is 0 Å². The molecule has 0 heterocycles. The van der Waals surface area contributed by atoms with E-state index in [9.17, 15) is 0 Å². The minimum atomic E-state index is 0.595. The van der Waals surface area contributed by atoms with Gasteiger partial charge in [0.15, 0.2) is 0 Å². The van der Waals surface area contributed by atoms with Gasteiger partial charge in [-0.1, -0.05) is 0 Å². The molecule has 2 aromatic carbocycles. The van der Waals surface area contributed by atoms with Crippen LogP contribution in [0, 0.1) is 0 Å². The van der Waals surface area contributed by atoms with Crippen molar-refractivity contribution in [3.8, 4) is 0 Å². The molecule has 0 aliphatic heterocycles. The Morgan fingerprint density at radius 2 is 1.55 bits per heavy atom. The molecule has 0 spiro atoms. The van der Waals surface area contributed by atoms with Gasteiger partial charge in [-0.05, 0) is 0 Å². The van der Waals surface area contributed by atoms with E-state index in [2.05, 4.69) is 72.6 Å². The zero-order chi connectivity index (χ0) is 15.2. The standard InChI is InChI=1S/C20H25NSe/c1-21(16-17-10-4-2-5-11-17)19-14-8-9-15-20(19)22-18-12-6-3-7-13-18/h2-7,10-13,19-20H,8-9,14-16H2,1H3. The molecule has 1 nitrogen and oxygen atoms in total. The Balaban J connectivity index is 1.66. The SMILES string of the molecule is CN(Cc1ccccc1)C1CCCCC1[Se]c1ccccc1. The van der Waals surface area contributed by atoms with Crippen LogP contribution in [0.1, 0.15) is 31.2 Å². The third-order valence-corrected chi connectivity index (χ3v) is 7.47. The second-order valence-electron chi connectivity index (χ2n) is 6.22. The van der Waals surface area contributed by atoms with Gasteiger partial charge in [0, 0.05) is 0 Å². The molecular weight excluding hydrogens is 333 g/mol. The molecule has 2 atom stereocenters. The minimum absolute atomic E-state index is 0.595. The average molecular weight is 358 g/mol. The van der Waals surface area contributed by atoms with Gasteiger partial charge in [0.25, 0.3) is 0 Å². The zero-order valence-corrected chi connectivity index (χ0v) is 15.0. The molecule has 1 aliphatic carbocycles. The Bertz CT molecular complexity index is 554. The Labute approximate surface area is 140 Å². The summed E-state index contributed by atoms with van der Waals surface area (Å²) < 4.78 is 1.56. The molecule has 0 aromatic heterocycles. The van der Waals surface area contributed by atoms with Crippen molar-refractivity contribution >= 4 is 19.4 Å². The third-order valence-electron chi connectivity index (χ3n) is 4.54. The molecule has 3 rings (SSSR count). The summed E-state index contributed by atoms with van der Waals surface area (Å²) in [4.78, 5) is 3.46. The molecule has 116 valence electrons. The second kappa shape index (κ2) is 7.97. The van der Waals surface area contributed by atoms with Gasteiger partial charge in [-0.3, -0.25) is 0 Å². The molecule has 1 saturated carbocycles. The first-order valence-corrected chi connectivity index (χ1v) is 10.1. The van der Waals surface area contributed by atoms with Crippen LogP contribution in [0.25, 0.3) is 0 Å². The van der Waals surface area contributed by atoms with Gasteiger partial charge < -0.3 is 0 Å². The number of benzene rings is 2. The van der Waals surface area contributed by atoms with Gasteiger partial charge in [0.2, 0.25) is 0 Å². The summed E-state index contributed by atoms with van der Waals surface area (Å²) in [6, 6.07) is 22.7. The van der Waals surface area contributed by atoms with E-state index in [4.69, 9.17) is 0 Å². The Hall–Kier alpha value is -1.08. The summed E-state index contributed by atoms with van der Waals surface area (Å²) in [6.45, 7) is 1.08. The summed E-state index contributed by atoms with van der Waals surface area (Å²) in [5.41, 5.74) is 1.43. The monoisotopic (exact) mass is 359 g/mol. The number of rotatable bonds is 5. The van der Waals surface area contributed by atoms with E-state index < -0.39 is 0 Å². The quantitative estimate of drug-likeness (QED) is 0.734. The fourth-order valence-corrected chi connectivity index (χ4v) is 6.42. The maximum atomic E-state index is 2.60. The third kappa shape index (κ3) is 4.23. The van der Waals surface area contributed by atoms with Gasteiger partial charge in [-0.2, -0.15) is 0 Å². The van der Waals surface area contributed by atoms with Crippen LogP contribution in [0.15, 0.2) is 60.7 Å². The van der Waals surface area contributed by atoms with Gasteiger partial charge in [-0.25, -0.2) is 0 Å². The molecule has 0 radical (unpaired) electrons. The summed E-state index contributed by atoms with van der Waals surface area (Å²) >= 11 is 0.595. The molecule has 0 saturated heterocycles. The Kier molecular flexibility index (Phi) is 5.72. The van der Waals surface area contributed by atoms with Crippen LogP contribution in [-0.2, 0) is 6.54 Å². The van der Waals surface area contributed by atoms with Crippen LogP contribution in [0.5, 0.6) is 0 Å². The van der Waals surface area contributed by atoms with Gasteiger partial charge >= 0.3 is 141 Å². The predicted molar refractivity (Wildman–Crippen MR) is 95.7 cm³/mol. The molecule has 2 heteroatoms. The summed E-state index contributed by atoms with van der Waals surface area (Å²) in [7, 11) is 2.32. The van der Waals surface area contributed by atoms with E-state index in [1.54, 1.807) is 4.46 Å². The van der Waals surface area contributed by atoms with Crippen LogP contribution < -0.4 is 4.46 Å². The van der Waals surface area contributed by atoms with E-state index in [1.807, 2.05) is 0 Å². The first kappa shape index (κ1) is 15.8. The van der Waals surface area contributed by atoms with Crippen molar-refractivity contribution in [1.82, 2.24) is 4.90 Å². The van der Waals surface area contributed by atoms with E-state index in [0.29, 0.717) is 15.0 Å². The van der Waals surface area contributed by atoms with E-state index in [-0.39, 0.29) is 0 Å². The van der Waals surface area contributed by atoms with Gasteiger partial charge in [0.1, 0.15) is 0 Å². The van der Waals surface area contributed by atoms with E-state index in [0.717, 1.165) is 17.4 Å². The molecule has 0 amide bonds. The molecule has 2 aromatic rings. The fraction of sp³-hybridized carbons (Fsp3) is 0.400. The van der Waals surface area contributed by atoms with Crippen LogP contribution in [0.2, 0.25) is 4.82 Å². The van der Waals surface area contributed by atoms with Crippen molar-refractivity contribution in [3.63, 3.8) is 0 Å². The Morgan fingerprint density at radius 1 is 0.909 bits per heavy atom. The van der Waals surface area contributed by atoms with Crippen molar-refractivity contribution in [3.05, 3.63) is 66.2 Å². The number of nitrogens with zero attached hydrogens (tertiary/aromatic N) is 1. The molecular formula is C20H25NSe. The Morgan fingerprint density at radius 3 is 2.27 bits per heavy atom. The summed E-state index contributed by atoms with van der Waals surface area (Å²) in [5.74, 6) is 0. The summed E-state index contributed by atoms with van der Waals surface area (Å²) in [5, 5.41) is 0. The molecule has 1 fully saturated rings. The topological polar surface area (TPSA) is 3.24 Å². The number of hydrogen-bond donors (Lipinski definition) is 0. The van der Waals surface area contributed by atoms with E-state index >= 15 is 0 Å². The zero-order valence-electron chi connectivity index (χ0n) is 13.3. The van der Waals surface area contributed by atoms with Crippen molar-refractivity contribution in [1.29, 1.82) is 0 Å². The first-order chi connectivity index (χ1) is 10.8. The number of hydrogen-bond acceptors (Lipinski definition) is 1.